The minimum atomic E-state index is -1.04. The van der Waals surface area contributed by atoms with Crippen molar-refractivity contribution in [1.29, 1.82) is 0 Å². The third-order valence-corrected chi connectivity index (χ3v) is 4.91. The Balaban J connectivity index is 1.83. The minimum Gasteiger partial charge on any atom is -0.481 e. The fourth-order valence-electron chi connectivity index (χ4n) is 3.53. The number of carbonyl (C=O) groups excluding carboxylic acids is 1. The zero-order chi connectivity index (χ0) is 19.7. The van der Waals surface area contributed by atoms with E-state index in [0.717, 1.165) is 0 Å². The highest BCUT2D eigenvalue weighted by molar-refractivity contribution is 5.79. The molecule has 3 rings (SSSR count). The van der Waals surface area contributed by atoms with Crippen LogP contribution in [0.4, 0.5) is 4.39 Å². The largest absolute Gasteiger partial charge is 0.481 e. The van der Waals surface area contributed by atoms with Gasteiger partial charge >= 0.3 is 11.7 Å². The van der Waals surface area contributed by atoms with E-state index in [4.69, 9.17) is 0 Å². The Morgan fingerprint density at radius 1 is 1.26 bits per heavy atom. The maximum absolute atomic E-state index is 13.5. The van der Waals surface area contributed by atoms with Gasteiger partial charge < -0.3 is 10.0 Å². The SMILES string of the molecule is Cc1cc(C)n(CC(=O)N2CC(C(=O)O)C(c3cccc(F)c3)C2)c(=O)n1. The average Bonchev–Trinajstić information content (AvgIpc) is 3.03. The van der Waals surface area contributed by atoms with E-state index in [2.05, 4.69) is 4.98 Å². The highest BCUT2D eigenvalue weighted by Crippen LogP contribution is 2.33. The van der Waals surface area contributed by atoms with Gasteiger partial charge in [-0.05, 0) is 37.6 Å². The molecule has 1 aromatic carbocycles. The standard InChI is InChI=1S/C19H20FN3O4/c1-11-6-12(2)23(19(27)21-11)10-17(24)22-8-15(16(9-22)18(25)26)13-4-3-5-14(20)7-13/h3-7,15-16H,8-10H2,1-2H3,(H,25,26). The van der Waals surface area contributed by atoms with Crippen molar-refractivity contribution >= 4 is 11.9 Å². The number of amides is 1. The Bertz CT molecular complexity index is 956. The molecule has 27 heavy (non-hydrogen) atoms. The predicted molar refractivity (Wildman–Crippen MR) is 94.8 cm³/mol. The van der Waals surface area contributed by atoms with Gasteiger partial charge in [0.25, 0.3) is 0 Å². The van der Waals surface area contributed by atoms with Gasteiger partial charge in [-0.2, -0.15) is 4.98 Å². The molecule has 1 saturated heterocycles. The molecule has 142 valence electrons. The topological polar surface area (TPSA) is 92.5 Å². The lowest BCUT2D eigenvalue weighted by Gasteiger charge is -2.18. The van der Waals surface area contributed by atoms with Gasteiger partial charge in [0.2, 0.25) is 5.91 Å². The number of benzene rings is 1. The number of aryl methyl sites for hydroxylation is 2. The van der Waals surface area contributed by atoms with Crippen molar-refractivity contribution < 1.29 is 19.1 Å². The van der Waals surface area contributed by atoms with Gasteiger partial charge in [-0.1, -0.05) is 12.1 Å². The molecule has 2 atom stereocenters. The van der Waals surface area contributed by atoms with Crippen molar-refractivity contribution in [3.63, 3.8) is 0 Å². The van der Waals surface area contributed by atoms with Gasteiger partial charge in [-0.25, -0.2) is 9.18 Å². The summed E-state index contributed by atoms with van der Waals surface area (Å²) in [5.41, 5.74) is 1.20. The van der Waals surface area contributed by atoms with E-state index in [1.54, 1.807) is 26.0 Å². The predicted octanol–water partition coefficient (Wildman–Crippen LogP) is 1.33. The molecule has 8 heteroatoms. The van der Waals surface area contributed by atoms with E-state index in [1.807, 2.05) is 0 Å². The molecule has 1 aliphatic heterocycles. The molecule has 1 aromatic heterocycles. The summed E-state index contributed by atoms with van der Waals surface area (Å²) < 4.78 is 14.8. The summed E-state index contributed by atoms with van der Waals surface area (Å²) in [6.45, 7) is 3.37. The number of aromatic nitrogens is 2. The van der Waals surface area contributed by atoms with E-state index in [1.165, 1.54) is 27.7 Å². The van der Waals surface area contributed by atoms with Crippen LogP contribution >= 0.6 is 0 Å². The van der Waals surface area contributed by atoms with Crippen molar-refractivity contribution in [2.45, 2.75) is 26.3 Å². The van der Waals surface area contributed by atoms with E-state index < -0.39 is 29.3 Å². The summed E-state index contributed by atoms with van der Waals surface area (Å²) in [4.78, 5) is 41.6. The number of halogens is 1. The molecule has 0 aliphatic carbocycles. The third kappa shape index (κ3) is 3.89. The lowest BCUT2D eigenvalue weighted by atomic mass is 9.89. The van der Waals surface area contributed by atoms with Crippen LogP contribution in [0.15, 0.2) is 35.1 Å². The Morgan fingerprint density at radius 2 is 2.00 bits per heavy atom. The molecule has 2 aromatic rings. The molecule has 7 nitrogen and oxygen atoms in total. The molecular weight excluding hydrogens is 353 g/mol. The lowest BCUT2D eigenvalue weighted by Crippen LogP contribution is -2.37. The second-order valence-electron chi connectivity index (χ2n) is 6.81. The Kier molecular flexibility index (Phi) is 5.07. The lowest BCUT2D eigenvalue weighted by molar-refractivity contribution is -0.141. The summed E-state index contributed by atoms with van der Waals surface area (Å²) in [7, 11) is 0. The smallest absolute Gasteiger partial charge is 0.348 e. The molecule has 1 N–H and O–H groups in total. The van der Waals surface area contributed by atoms with Crippen LogP contribution in [0.25, 0.3) is 0 Å². The number of aliphatic carboxylic acids is 1. The van der Waals surface area contributed by atoms with Gasteiger partial charge in [-0.15, -0.1) is 0 Å². The molecular formula is C19H20FN3O4. The second kappa shape index (κ2) is 7.30. The molecule has 0 radical (unpaired) electrons. The minimum absolute atomic E-state index is 0.0163. The zero-order valence-electron chi connectivity index (χ0n) is 15.1. The van der Waals surface area contributed by atoms with Crippen LogP contribution in [0.3, 0.4) is 0 Å². The normalized spacial score (nSPS) is 19.3. The molecule has 0 bridgehead atoms. The van der Waals surface area contributed by atoms with Crippen molar-refractivity contribution in [3.8, 4) is 0 Å². The van der Waals surface area contributed by atoms with Gasteiger partial charge in [0.05, 0.1) is 5.92 Å². The Hall–Kier alpha value is -3.03. The fraction of sp³-hybridized carbons (Fsp3) is 0.368. The van der Waals surface area contributed by atoms with Gasteiger partial charge in [0.15, 0.2) is 0 Å². The first-order chi connectivity index (χ1) is 12.8. The Labute approximate surface area is 155 Å². The first kappa shape index (κ1) is 18.8. The second-order valence-corrected chi connectivity index (χ2v) is 6.81. The summed E-state index contributed by atoms with van der Waals surface area (Å²) in [6.07, 6.45) is 0. The summed E-state index contributed by atoms with van der Waals surface area (Å²) >= 11 is 0. The van der Waals surface area contributed by atoms with Crippen LogP contribution in [0.2, 0.25) is 0 Å². The molecule has 2 unspecified atom stereocenters. The van der Waals surface area contributed by atoms with E-state index in [0.29, 0.717) is 17.0 Å². The number of carboxylic acids is 1. The Morgan fingerprint density at radius 3 is 2.63 bits per heavy atom. The molecule has 0 saturated carbocycles. The maximum Gasteiger partial charge on any atom is 0.348 e. The summed E-state index contributed by atoms with van der Waals surface area (Å²) in [5.74, 6) is -3.18. The van der Waals surface area contributed by atoms with Crippen molar-refractivity contribution in [3.05, 3.63) is 63.6 Å². The quantitative estimate of drug-likeness (QED) is 0.873. The average molecular weight is 373 g/mol. The monoisotopic (exact) mass is 373 g/mol. The first-order valence-electron chi connectivity index (χ1n) is 8.57. The third-order valence-electron chi connectivity index (χ3n) is 4.91. The van der Waals surface area contributed by atoms with E-state index in [9.17, 15) is 23.9 Å². The number of carbonyl (C=O) groups is 2. The van der Waals surface area contributed by atoms with E-state index >= 15 is 0 Å². The molecule has 1 fully saturated rings. The van der Waals surface area contributed by atoms with Crippen molar-refractivity contribution in [1.82, 2.24) is 14.5 Å². The van der Waals surface area contributed by atoms with Crippen LogP contribution in [0, 0.1) is 25.6 Å². The molecule has 2 heterocycles. The number of nitrogens with zero attached hydrogens (tertiary/aromatic N) is 3. The van der Waals surface area contributed by atoms with Crippen LogP contribution in [-0.2, 0) is 16.1 Å². The fourth-order valence-corrected chi connectivity index (χ4v) is 3.53. The highest BCUT2D eigenvalue weighted by Gasteiger charge is 2.40. The van der Waals surface area contributed by atoms with Crippen LogP contribution in [-0.4, -0.2) is 44.5 Å². The van der Waals surface area contributed by atoms with Gasteiger partial charge in [0, 0.05) is 30.4 Å². The molecule has 1 aliphatic rings. The number of likely N-dealkylation sites (tertiary alicyclic amines) is 1. The van der Waals surface area contributed by atoms with Gasteiger partial charge in [-0.3, -0.25) is 14.2 Å². The summed E-state index contributed by atoms with van der Waals surface area (Å²) in [5, 5.41) is 9.53. The number of rotatable bonds is 4. The number of hydrogen-bond acceptors (Lipinski definition) is 4. The molecule has 0 spiro atoms. The number of carboxylic acid groups (broad SMARTS) is 1. The van der Waals surface area contributed by atoms with E-state index in [-0.39, 0.29) is 25.5 Å². The van der Waals surface area contributed by atoms with Crippen LogP contribution in [0.1, 0.15) is 22.9 Å². The zero-order valence-corrected chi connectivity index (χ0v) is 15.1. The van der Waals surface area contributed by atoms with Crippen molar-refractivity contribution in [2.24, 2.45) is 5.92 Å². The van der Waals surface area contributed by atoms with Crippen LogP contribution in [0.5, 0.6) is 0 Å². The van der Waals surface area contributed by atoms with Crippen LogP contribution < -0.4 is 5.69 Å². The molecule has 1 amide bonds. The maximum atomic E-state index is 13.5. The number of hydrogen-bond donors (Lipinski definition) is 1. The first-order valence-corrected chi connectivity index (χ1v) is 8.57. The van der Waals surface area contributed by atoms with Crippen molar-refractivity contribution in [2.75, 3.05) is 13.1 Å². The summed E-state index contributed by atoms with van der Waals surface area (Å²) in [6, 6.07) is 7.48. The van der Waals surface area contributed by atoms with Gasteiger partial charge in [0.1, 0.15) is 12.4 Å². The highest BCUT2D eigenvalue weighted by atomic mass is 19.1.